The molecule has 3 N–H and O–H groups in total. The minimum atomic E-state index is -1.000. The van der Waals surface area contributed by atoms with Gasteiger partial charge in [-0.15, -0.1) is 0 Å². The first-order valence-corrected chi connectivity index (χ1v) is 5.61. The molecule has 2 aromatic rings. The fourth-order valence-corrected chi connectivity index (χ4v) is 1.51. The van der Waals surface area contributed by atoms with Crippen molar-refractivity contribution in [3.63, 3.8) is 0 Å². The van der Waals surface area contributed by atoms with E-state index in [0.717, 1.165) is 0 Å². The highest BCUT2D eigenvalue weighted by molar-refractivity contribution is 6.00. The molecule has 0 aliphatic heterocycles. The molecule has 96 valence electrons. The van der Waals surface area contributed by atoms with Crippen LogP contribution in [-0.4, -0.2) is 17.1 Å². The number of para-hydroxylation sites is 1. The number of anilines is 2. The Labute approximate surface area is 109 Å². The maximum atomic E-state index is 11.7. The number of carboxylic acids is 1. The van der Waals surface area contributed by atoms with Crippen molar-refractivity contribution in [3.05, 3.63) is 60.2 Å². The number of carboxylic acid groups (broad SMARTS) is 1. The van der Waals surface area contributed by atoms with Crippen molar-refractivity contribution in [2.75, 3.05) is 10.6 Å². The van der Waals surface area contributed by atoms with Gasteiger partial charge >= 0.3 is 12.0 Å². The first kappa shape index (κ1) is 12.6. The van der Waals surface area contributed by atoms with Gasteiger partial charge in [0.15, 0.2) is 0 Å². The van der Waals surface area contributed by atoms with Gasteiger partial charge in [-0.3, -0.25) is 0 Å². The zero-order valence-corrected chi connectivity index (χ0v) is 9.96. The Balaban J connectivity index is 1.97. The molecule has 0 saturated carbocycles. The molecule has 0 saturated heterocycles. The highest BCUT2D eigenvalue weighted by atomic mass is 16.4. The maximum absolute atomic E-state index is 11.7. The predicted molar refractivity (Wildman–Crippen MR) is 72.5 cm³/mol. The number of amides is 2. The fourth-order valence-electron chi connectivity index (χ4n) is 1.51. The van der Waals surface area contributed by atoms with Crippen molar-refractivity contribution in [1.82, 2.24) is 0 Å². The predicted octanol–water partition coefficient (Wildman–Crippen LogP) is 3.03. The minimum absolute atomic E-state index is 0.175. The molecule has 0 spiro atoms. The van der Waals surface area contributed by atoms with E-state index < -0.39 is 5.97 Å². The number of aromatic carboxylic acids is 1. The van der Waals surface area contributed by atoms with Gasteiger partial charge in [0.2, 0.25) is 0 Å². The quantitative estimate of drug-likeness (QED) is 0.789. The summed E-state index contributed by atoms with van der Waals surface area (Å²) < 4.78 is 0. The van der Waals surface area contributed by atoms with Gasteiger partial charge in [0.25, 0.3) is 0 Å². The van der Waals surface area contributed by atoms with Crippen molar-refractivity contribution in [2.45, 2.75) is 0 Å². The van der Waals surface area contributed by atoms with Gasteiger partial charge in [-0.1, -0.05) is 18.2 Å². The van der Waals surface area contributed by atoms with Crippen molar-refractivity contribution in [3.8, 4) is 0 Å². The summed E-state index contributed by atoms with van der Waals surface area (Å²) in [6.07, 6.45) is 0. The minimum Gasteiger partial charge on any atom is -0.478 e. The smallest absolute Gasteiger partial charge is 0.335 e. The molecule has 0 heterocycles. The second kappa shape index (κ2) is 5.68. The van der Waals surface area contributed by atoms with E-state index in [1.165, 1.54) is 24.3 Å². The Bertz CT molecular complexity index is 579. The maximum Gasteiger partial charge on any atom is 0.335 e. The molecule has 19 heavy (non-hydrogen) atoms. The largest absolute Gasteiger partial charge is 0.478 e. The van der Waals surface area contributed by atoms with Crippen LogP contribution in [0.3, 0.4) is 0 Å². The van der Waals surface area contributed by atoms with Crippen molar-refractivity contribution >= 4 is 23.4 Å². The number of carbonyl (C=O) groups excluding carboxylic acids is 1. The van der Waals surface area contributed by atoms with E-state index in [9.17, 15) is 9.59 Å². The molecule has 5 heteroatoms. The number of nitrogens with one attached hydrogen (secondary N) is 2. The lowest BCUT2D eigenvalue weighted by atomic mass is 10.2. The van der Waals surface area contributed by atoms with Crippen LogP contribution in [0, 0.1) is 0 Å². The van der Waals surface area contributed by atoms with Crippen LogP contribution in [0.5, 0.6) is 0 Å². The summed E-state index contributed by atoms with van der Waals surface area (Å²) in [6.45, 7) is 0. The average Bonchev–Trinajstić information content (AvgIpc) is 2.40. The Morgan fingerprint density at radius 2 is 1.32 bits per heavy atom. The molecule has 0 atom stereocenters. The zero-order chi connectivity index (χ0) is 13.7. The number of rotatable bonds is 3. The molecular formula is C14H12N2O3. The standard InChI is InChI=1S/C14H12N2O3/c17-13(18)10-6-8-12(9-7-10)16-14(19)15-11-4-2-1-3-5-11/h1-9H,(H,17,18)(H2,15,16,19). The van der Waals surface area contributed by atoms with Crippen LogP contribution in [0.25, 0.3) is 0 Å². The Morgan fingerprint density at radius 3 is 1.84 bits per heavy atom. The first-order valence-electron chi connectivity index (χ1n) is 5.61. The van der Waals surface area contributed by atoms with Crippen LogP contribution >= 0.6 is 0 Å². The van der Waals surface area contributed by atoms with E-state index in [1.807, 2.05) is 18.2 Å². The molecule has 5 nitrogen and oxygen atoms in total. The van der Waals surface area contributed by atoms with Gasteiger partial charge in [0.05, 0.1) is 5.56 Å². The first-order chi connectivity index (χ1) is 9.15. The zero-order valence-electron chi connectivity index (χ0n) is 9.96. The Kier molecular flexibility index (Phi) is 3.78. The molecule has 0 unspecified atom stereocenters. The van der Waals surface area contributed by atoms with Crippen molar-refractivity contribution in [1.29, 1.82) is 0 Å². The van der Waals surface area contributed by atoms with E-state index in [-0.39, 0.29) is 11.6 Å². The molecule has 0 bridgehead atoms. The SMILES string of the molecule is O=C(Nc1ccccc1)Nc1ccc(C(=O)O)cc1. The summed E-state index contributed by atoms with van der Waals surface area (Å²) in [5.74, 6) is -1.000. The van der Waals surface area contributed by atoms with E-state index in [1.54, 1.807) is 12.1 Å². The van der Waals surface area contributed by atoms with Crippen LogP contribution in [0.2, 0.25) is 0 Å². The third-order valence-electron chi connectivity index (χ3n) is 2.42. The molecule has 0 radical (unpaired) electrons. The number of hydrogen-bond donors (Lipinski definition) is 3. The summed E-state index contributed by atoms with van der Waals surface area (Å²) in [5, 5.41) is 14.0. The Morgan fingerprint density at radius 1 is 0.789 bits per heavy atom. The summed E-state index contributed by atoms with van der Waals surface area (Å²) in [4.78, 5) is 22.3. The third-order valence-corrected chi connectivity index (χ3v) is 2.42. The topological polar surface area (TPSA) is 78.4 Å². The normalized spacial score (nSPS) is 9.68. The van der Waals surface area contributed by atoms with E-state index in [4.69, 9.17) is 5.11 Å². The molecule has 0 aromatic heterocycles. The van der Waals surface area contributed by atoms with Gasteiger partial charge in [-0.05, 0) is 36.4 Å². The lowest BCUT2D eigenvalue weighted by Crippen LogP contribution is -2.19. The molecule has 2 rings (SSSR count). The molecule has 0 aliphatic rings. The van der Waals surface area contributed by atoms with E-state index in [2.05, 4.69) is 10.6 Å². The van der Waals surface area contributed by atoms with Crippen molar-refractivity contribution < 1.29 is 14.7 Å². The molecular weight excluding hydrogens is 244 g/mol. The second-order valence-corrected chi connectivity index (χ2v) is 3.83. The van der Waals surface area contributed by atoms with Crippen LogP contribution in [0.1, 0.15) is 10.4 Å². The molecule has 0 aliphatic carbocycles. The number of urea groups is 1. The number of carbonyl (C=O) groups is 2. The molecule has 2 aromatic carbocycles. The Hall–Kier alpha value is -2.82. The lowest BCUT2D eigenvalue weighted by Gasteiger charge is -2.07. The third kappa shape index (κ3) is 3.57. The van der Waals surface area contributed by atoms with Crippen molar-refractivity contribution in [2.24, 2.45) is 0 Å². The van der Waals surface area contributed by atoms with E-state index >= 15 is 0 Å². The van der Waals surface area contributed by atoms with Gasteiger partial charge in [-0.2, -0.15) is 0 Å². The molecule has 0 fully saturated rings. The average molecular weight is 256 g/mol. The van der Waals surface area contributed by atoms with Gasteiger partial charge in [0.1, 0.15) is 0 Å². The van der Waals surface area contributed by atoms with Crippen LogP contribution in [-0.2, 0) is 0 Å². The summed E-state index contributed by atoms with van der Waals surface area (Å²) in [5.41, 5.74) is 1.38. The monoisotopic (exact) mass is 256 g/mol. The number of benzene rings is 2. The molecule has 2 amide bonds. The highest BCUT2D eigenvalue weighted by Gasteiger charge is 2.04. The van der Waals surface area contributed by atoms with Gasteiger partial charge in [0, 0.05) is 11.4 Å². The van der Waals surface area contributed by atoms with Crippen LogP contribution in [0.4, 0.5) is 16.2 Å². The van der Waals surface area contributed by atoms with Crippen LogP contribution < -0.4 is 10.6 Å². The fraction of sp³-hybridized carbons (Fsp3) is 0. The highest BCUT2D eigenvalue weighted by Crippen LogP contribution is 2.11. The summed E-state index contributed by atoms with van der Waals surface area (Å²) >= 11 is 0. The second-order valence-electron chi connectivity index (χ2n) is 3.83. The summed E-state index contributed by atoms with van der Waals surface area (Å²) in [7, 11) is 0. The van der Waals surface area contributed by atoms with E-state index in [0.29, 0.717) is 11.4 Å². The van der Waals surface area contributed by atoms with Gasteiger partial charge in [-0.25, -0.2) is 9.59 Å². The van der Waals surface area contributed by atoms with Gasteiger partial charge < -0.3 is 15.7 Å². The number of hydrogen-bond acceptors (Lipinski definition) is 2. The summed E-state index contributed by atoms with van der Waals surface area (Å²) in [6, 6.07) is 14.6. The lowest BCUT2D eigenvalue weighted by molar-refractivity contribution is 0.0697. The van der Waals surface area contributed by atoms with Crippen LogP contribution in [0.15, 0.2) is 54.6 Å².